The zero-order chi connectivity index (χ0) is 24.9. The average molecular weight is 500 g/mol. The van der Waals surface area contributed by atoms with Gasteiger partial charge in [0.1, 0.15) is 24.7 Å². The van der Waals surface area contributed by atoms with Crippen LogP contribution in [0.4, 0.5) is 15.3 Å². The highest BCUT2D eigenvalue weighted by Crippen LogP contribution is 2.25. The number of thioether (sulfide) groups is 1. The second kappa shape index (κ2) is 10.9. The lowest BCUT2D eigenvalue weighted by molar-refractivity contribution is -0.118. The van der Waals surface area contributed by atoms with E-state index in [4.69, 9.17) is 14.2 Å². The molecule has 1 N–H and O–H groups in total. The lowest BCUT2D eigenvalue weighted by Gasteiger charge is -2.22. The lowest BCUT2D eigenvalue weighted by Crippen LogP contribution is -2.38. The summed E-state index contributed by atoms with van der Waals surface area (Å²) in [7, 11) is 3.93. The molecule has 3 unspecified atom stereocenters. The highest BCUT2D eigenvalue weighted by Gasteiger charge is 2.35. The number of ether oxygens (including phenoxy) is 3. The van der Waals surface area contributed by atoms with Crippen LogP contribution < -0.4 is 19.7 Å². The van der Waals surface area contributed by atoms with Crippen molar-refractivity contribution in [2.75, 3.05) is 38.8 Å². The molecule has 2 aliphatic rings. The maximum absolute atomic E-state index is 12.4. The van der Waals surface area contributed by atoms with Gasteiger partial charge in [0.2, 0.25) is 5.91 Å². The number of benzene rings is 2. The van der Waals surface area contributed by atoms with Crippen molar-refractivity contribution < 1.29 is 28.6 Å². The zero-order valence-corrected chi connectivity index (χ0v) is 20.7. The summed E-state index contributed by atoms with van der Waals surface area (Å²) in [6, 6.07) is 14.9. The summed E-state index contributed by atoms with van der Waals surface area (Å²) in [5.74, 6) is 1.13. The normalized spacial score (nSPS) is 20.4. The summed E-state index contributed by atoms with van der Waals surface area (Å²) in [4.78, 5) is 39.1. The van der Waals surface area contributed by atoms with Crippen LogP contribution in [0.15, 0.2) is 48.5 Å². The molecule has 2 aliphatic heterocycles. The number of carbonyl (C=O) groups excluding carboxylic acids is 3. The van der Waals surface area contributed by atoms with Gasteiger partial charge in [0, 0.05) is 25.8 Å². The van der Waals surface area contributed by atoms with Crippen LogP contribution in [0.2, 0.25) is 0 Å². The van der Waals surface area contributed by atoms with E-state index < -0.39 is 5.25 Å². The smallest absolute Gasteiger partial charge is 0.410 e. The molecule has 2 saturated heterocycles. The average Bonchev–Trinajstić information content (AvgIpc) is 3.37. The molecule has 3 atom stereocenters. The van der Waals surface area contributed by atoms with E-state index in [1.165, 1.54) is 0 Å². The van der Waals surface area contributed by atoms with Crippen molar-refractivity contribution >= 4 is 34.7 Å². The van der Waals surface area contributed by atoms with Gasteiger partial charge in [-0.05, 0) is 43.2 Å². The van der Waals surface area contributed by atoms with Gasteiger partial charge in [-0.1, -0.05) is 30.0 Å². The second-order valence-corrected chi connectivity index (χ2v) is 9.93. The molecule has 0 spiro atoms. The summed E-state index contributed by atoms with van der Waals surface area (Å²) in [5.41, 5.74) is 1.97. The van der Waals surface area contributed by atoms with E-state index in [-0.39, 0.29) is 36.0 Å². The van der Waals surface area contributed by atoms with E-state index in [1.54, 1.807) is 4.90 Å². The van der Waals surface area contributed by atoms with Crippen molar-refractivity contribution in [1.29, 1.82) is 0 Å². The van der Waals surface area contributed by atoms with E-state index in [1.807, 2.05) is 74.4 Å². The standard InChI is InChI=1S/C25H29N3O6S/c1-16(14-32-19-9-7-17(8-10-19)11-22-23(29)26-24(30)35-22)28-13-21(34-25(28)31)15-33-20-6-4-5-18(12-20)27(2)3/h4-10,12,16,21-22H,11,13-15H2,1-3H3,(H,26,29,30). The number of cyclic esters (lactones) is 1. The van der Waals surface area contributed by atoms with Gasteiger partial charge >= 0.3 is 6.09 Å². The van der Waals surface area contributed by atoms with Crippen LogP contribution in [0.25, 0.3) is 0 Å². The first-order valence-corrected chi connectivity index (χ1v) is 12.3. The Bertz CT molecular complexity index is 1080. The summed E-state index contributed by atoms with van der Waals surface area (Å²) in [6.45, 7) is 2.92. The fourth-order valence-corrected chi connectivity index (χ4v) is 4.66. The number of rotatable bonds is 10. The third-order valence-electron chi connectivity index (χ3n) is 5.81. The maximum atomic E-state index is 12.4. The van der Waals surface area contributed by atoms with Crippen LogP contribution in [-0.2, 0) is 16.0 Å². The molecule has 3 amide bonds. The fourth-order valence-electron chi connectivity index (χ4n) is 3.80. The van der Waals surface area contributed by atoms with Crippen molar-refractivity contribution in [3.8, 4) is 11.5 Å². The molecule has 2 aromatic rings. The Balaban J connectivity index is 1.23. The third kappa shape index (κ3) is 6.39. The summed E-state index contributed by atoms with van der Waals surface area (Å²) >= 11 is 1.01. The predicted molar refractivity (Wildman–Crippen MR) is 133 cm³/mol. The lowest BCUT2D eigenvalue weighted by atomic mass is 10.1. The monoisotopic (exact) mass is 499 g/mol. The number of hydrogen-bond donors (Lipinski definition) is 1. The number of amides is 3. The summed E-state index contributed by atoms with van der Waals surface area (Å²) in [5, 5.41) is 1.59. The number of hydrogen-bond acceptors (Lipinski definition) is 8. The van der Waals surface area contributed by atoms with Crippen LogP contribution in [0.5, 0.6) is 11.5 Å². The Morgan fingerprint density at radius 3 is 2.57 bits per heavy atom. The molecule has 0 bridgehead atoms. The first kappa shape index (κ1) is 24.7. The van der Waals surface area contributed by atoms with Gasteiger partial charge in [0.15, 0.2) is 6.10 Å². The molecule has 2 heterocycles. The quantitative estimate of drug-likeness (QED) is 0.532. The van der Waals surface area contributed by atoms with E-state index in [9.17, 15) is 14.4 Å². The Hall–Kier alpha value is -3.40. The van der Waals surface area contributed by atoms with Crippen LogP contribution in [0.3, 0.4) is 0 Å². The largest absolute Gasteiger partial charge is 0.491 e. The molecule has 10 heteroatoms. The Morgan fingerprint density at radius 1 is 1.11 bits per heavy atom. The highest BCUT2D eigenvalue weighted by molar-refractivity contribution is 8.15. The van der Waals surface area contributed by atoms with Crippen molar-refractivity contribution in [2.45, 2.75) is 30.7 Å². The molecule has 4 rings (SSSR count). The molecular weight excluding hydrogens is 470 g/mol. The second-order valence-electron chi connectivity index (χ2n) is 8.75. The minimum atomic E-state index is -0.399. The van der Waals surface area contributed by atoms with Crippen LogP contribution in [0, 0.1) is 0 Å². The van der Waals surface area contributed by atoms with E-state index in [0.717, 1.165) is 28.8 Å². The van der Waals surface area contributed by atoms with Crippen LogP contribution >= 0.6 is 11.8 Å². The molecule has 2 fully saturated rings. The first-order valence-electron chi connectivity index (χ1n) is 11.4. The van der Waals surface area contributed by atoms with Crippen LogP contribution in [0.1, 0.15) is 12.5 Å². The van der Waals surface area contributed by atoms with E-state index >= 15 is 0 Å². The first-order chi connectivity index (χ1) is 16.8. The van der Waals surface area contributed by atoms with Crippen molar-refractivity contribution in [1.82, 2.24) is 10.2 Å². The fraction of sp³-hybridized carbons (Fsp3) is 0.400. The Morgan fingerprint density at radius 2 is 1.89 bits per heavy atom. The predicted octanol–water partition coefficient (Wildman–Crippen LogP) is 3.31. The minimum absolute atomic E-state index is 0.186. The molecule has 9 nitrogen and oxygen atoms in total. The third-order valence-corrected chi connectivity index (χ3v) is 6.79. The van der Waals surface area contributed by atoms with Gasteiger partial charge in [-0.15, -0.1) is 0 Å². The van der Waals surface area contributed by atoms with Gasteiger partial charge in [-0.25, -0.2) is 4.79 Å². The van der Waals surface area contributed by atoms with Gasteiger partial charge < -0.3 is 19.1 Å². The van der Waals surface area contributed by atoms with Gasteiger partial charge in [0.05, 0.1) is 17.8 Å². The van der Waals surface area contributed by atoms with Crippen LogP contribution in [-0.4, -0.2) is 73.4 Å². The highest BCUT2D eigenvalue weighted by atomic mass is 32.2. The van der Waals surface area contributed by atoms with E-state index in [2.05, 4.69) is 5.32 Å². The molecule has 0 radical (unpaired) electrons. The van der Waals surface area contributed by atoms with Gasteiger partial charge in [0.25, 0.3) is 5.24 Å². The molecular formula is C25H29N3O6S. The Labute approximate surface area is 208 Å². The number of nitrogens with zero attached hydrogens (tertiary/aromatic N) is 2. The number of nitrogens with one attached hydrogen (secondary N) is 1. The van der Waals surface area contributed by atoms with Crippen molar-refractivity contribution in [2.24, 2.45) is 0 Å². The van der Waals surface area contributed by atoms with Crippen molar-refractivity contribution in [3.05, 3.63) is 54.1 Å². The number of carbonyl (C=O) groups is 3. The molecule has 2 aromatic carbocycles. The molecule has 35 heavy (non-hydrogen) atoms. The van der Waals surface area contributed by atoms with Crippen molar-refractivity contribution in [3.63, 3.8) is 0 Å². The van der Waals surface area contributed by atoms with Gasteiger partial charge in [-0.2, -0.15) is 0 Å². The molecule has 0 saturated carbocycles. The molecule has 0 aromatic heterocycles. The topological polar surface area (TPSA) is 97.4 Å². The molecule has 186 valence electrons. The van der Waals surface area contributed by atoms with Gasteiger partial charge in [-0.3, -0.25) is 19.8 Å². The number of imide groups is 1. The molecule has 0 aliphatic carbocycles. The van der Waals surface area contributed by atoms with E-state index in [0.29, 0.717) is 25.3 Å². The maximum Gasteiger partial charge on any atom is 0.410 e. The zero-order valence-electron chi connectivity index (χ0n) is 19.9. The summed E-state index contributed by atoms with van der Waals surface area (Å²) in [6.07, 6.45) is -0.264. The number of anilines is 1. The minimum Gasteiger partial charge on any atom is -0.491 e. The summed E-state index contributed by atoms with van der Waals surface area (Å²) < 4.78 is 17.2. The Kier molecular flexibility index (Phi) is 7.70. The SMILES string of the molecule is CC(COc1ccc(CC2SC(=O)NC2=O)cc1)N1CC(COc2cccc(N(C)C)c2)OC1=O.